The summed E-state index contributed by atoms with van der Waals surface area (Å²) in [6, 6.07) is 10.2. The van der Waals surface area contributed by atoms with Crippen LogP contribution in [0.3, 0.4) is 0 Å². The van der Waals surface area contributed by atoms with Crippen molar-refractivity contribution in [2.75, 3.05) is 7.11 Å². The van der Waals surface area contributed by atoms with Gasteiger partial charge in [0.15, 0.2) is 5.78 Å². The molecule has 2 aromatic carbocycles. The first kappa shape index (κ1) is 17.9. The minimum absolute atomic E-state index is 0.0159. The van der Waals surface area contributed by atoms with E-state index in [-0.39, 0.29) is 22.3 Å². The zero-order valence-electron chi connectivity index (χ0n) is 14.4. The zero-order valence-corrected chi connectivity index (χ0v) is 15.2. The van der Waals surface area contributed by atoms with Crippen molar-refractivity contribution in [3.63, 3.8) is 0 Å². The van der Waals surface area contributed by atoms with Gasteiger partial charge in [-0.2, -0.15) is 0 Å². The minimum atomic E-state index is -1.10. The molecule has 4 rings (SSSR count). The summed E-state index contributed by atoms with van der Waals surface area (Å²) in [5.41, 5.74) is -0.922. The molecule has 0 amide bonds. The number of rotatable bonds is 2. The summed E-state index contributed by atoms with van der Waals surface area (Å²) in [6.07, 6.45) is 0. The smallest absolute Gasteiger partial charge is 0.238 e. The van der Waals surface area contributed by atoms with Gasteiger partial charge in [0.2, 0.25) is 17.3 Å². The number of ketones is 4. The Balaban J connectivity index is 1.99. The van der Waals surface area contributed by atoms with E-state index in [1.807, 2.05) is 0 Å². The lowest BCUT2D eigenvalue weighted by molar-refractivity contribution is -0.111. The number of benzene rings is 2. The Morgan fingerprint density at radius 3 is 2.07 bits per heavy atom. The zero-order chi connectivity index (χ0) is 20.2. The third kappa shape index (κ3) is 2.35. The second-order valence-electron chi connectivity index (χ2n) is 6.19. The van der Waals surface area contributed by atoms with Gasteiger partial charge in [0.05, 0.1) is 18.3 Å². The highest BCUT2D eigenvalue weighted by Gasteiger charge is 2.42. The maximum Gasteiger partial charge on any atom is 0.238 e. The summed E-state index contributed by atoms with van der Waals surface area (Å²) in [6.45, 7) is 0. The number of carbonyl (C=O) groups is 4. The molecule has 2 aromatic rings. The molecular weight excluding hydrogens is 384 g/mol. The van der Waals surface area contributed by atoms with E-state index in [9.17, 15) is 24.3 Å². The maximum atomic E-state index is 13.1. The lowest BCUT2D eigenvalue weighted by Gasteiger charge is -2.23. The van der Waals surface area contributed by atoms with E-state index in [2.05, 4.69) is 0 Å². The van der Waals surface area contributed by atoms with Crippen LogP contribution in [0.4, 0.5) is 0 Å². The number of carbonyl (C=O) groups excluding carboxylic acids is 4. The number of aliphatic hydroxyl groups is 1. The van der Waals surface area contributed by atoms with Gasteiger partial charge in [0.25, 0.3) is 0 Å². The standard InChI is InChI=1S/C21H11ClO6/c1-28-9-6-7-12-13(8-9)18(24)14(16(22)19(12)25)15-17(23)10-4-2-3-5-11(10)20(26)21(15)27/h2-8,23H,1H3. The fourth-order valence-corrected chi connectivity index (χ4v) is 3.61. The van der Waals surface area contributed by atoms with E-state index in [1.165, 1.54) is 37.4 Å². The quantitative estimate of drug-likeness (QED) is 0.785. The van der Waals surface area contributed by atoms with Crippen LogP contribution in [0.2, 0.25) is 0 Å². The molecule has 6 nitrogen and oxygen atoms in total. The van der Waals surface area contributed by atoms with Crippen molar-refractivity contribution in [2.24, 2.45) is 0 Å². The monoisotopic (exact) mass is 394 g/mol. The highest BCUT2D eigenvalue weighted by atomic mass is 35.5. The lowest BCUT2D eigenvalue weighted by Crippen LogP contribution is -2.30. The van der Waals surface area contributed by atoms with Crippen molar-refractivity contribution in [3.8, 4) is 5.75 Å². The van der Waals surface area contributed by atoms with Crippen LogP contribution in [0.5, 0.6) is 5.75 Å². The van der Waals surface area contributed by atoms with Gasteiger partial charge in [-0.1, -0.05) is 35.9 Å². The summed E-state index contributed by atoms with van der Waals surface area (Å²) < 4.78 is 5.08. The van der Waals surface area contributed by atoms with Gasteiger partial charge in [0.1, 0.15) is 16.5 Å². The predicted molar refractivity (Wildman–Crippen MR) is 99.9 cm³/mol. The minimum Gasteiger partial charge on any atom is -0.506 e. The molecule has 1 N–H and O–H groups in total. The molecule has 138 valence electrons. The number of halogens is 1. The van der Waals surface area contributed by atoms with E-state index in [1.54, 1.807) is 12.1 Å². The Kier molecular flexibility index (Phi) is 4.01. The van der Waals surface area contributed by atoms with Crippen LogP contribution >= 0.6 is 11.6 Å². The fourth-order valence-electron chi connectivity index (χ4n) is 3.32. The van der Waals surface area contributed by atoms with E-state index >= 15 is 0 Å². The van der Waals surface area contributed by atoms with E-state index in [0.717, 1.165) is 0 Å². The number of fused-ring (bicyclic) bond motifs is 2. The number of methoxy groups -OCH3 is 1. The Bertz CT molecular complexity index is 1190. The topological polar surface area (TPSA) is 97.7 Å². The molecule has 2 aliphatic rings. The molecule has 0 unspecified atom stereocenters. The van der Waals surface area contributed by atoms with Gasteiger partial charge in [-0.3, -0.25) is 19.2 Å². The van der Waals surface area contributed by atoms with Gasteiger partial charge in [-0.15, -0.1) is 0 Å². The van der Waals surface area contributed by atoms with E-state index in [0.29, 0.717) is 5.75 Å². The Morgan fingerprint density at radius 1 is 0.750 bits per heavy atom. The SMILES string of the molecule is COc1ccc2c(c1)C(=O)C(C1=C(O)c3ccccc3C(=O)C1=O)=C(Cl)C2=O. The molecule has 0 atom stereocenters. The molecule has 0 bridgehead atoms. The fraction of sp³-hybridized carbons (Fsp3) is 0.0476. The summed E-state index contributed by atoms with van der Waals surface area (Å²) in [7, 11) is 1.40. The van der Waals surface area contributed by atoms with Crippen molar-refractivity contribution < 1.29 is 29.0 Å². The largest absolute Gasteiger partial charge is 0.506 e. The molecule has 0 heterocycles. The molecule has 0 aliphatic heterocycles. The first-order valence-corrected chi connectivity index (χ1v) is 8.53. The van der Waals surface area contributed by atoms with Crippen LogP contribution in [0, 0.1) is 0 Å². The number of allylic oxidation sites excluding steroid dienone is 3. The normalized spacial score (nSPS) is 16.4. The van der Waals surface area contributed by atoms with Gasteiger partial charge in [-0.25, -0.2) is 0 Å². The lowest BCUT2D eigenvalue weighted by atomic mass is 9.79. The second-order valence-corrected chi connectivity index (χ2v) is 6.56. The van der Waals surface area contributed by atoms with Crippen LogP contribution < -0.4 is 4.74 Å². The average Bonchev–Trinajstić information content (AvgIpc) is 2.72. The van der Waals surface area contributed by atoms with Crippen molar-refractivity contribution in [2.45, 2.75) is 0 Å². The third-order valence-electron chi connectivity index (χ3n) is 4.71. The van der Waals surface area contributed by atoms with Crippen LogP contribution in [0.25, 0.3) is 5.76 Å². The van der Waals surface area contributed by atoms with Crippen LogP contribution in [-0.2, 0) is 4.79 Å². The highest BCUT2D eigenvalue weighted by molar-refractivity contribution is 6.57. The van der Waals surface area contributed by atoms with Crippen molar-refractivity contribution in [1.82, 2.24) is 0 Å². The summed E-state index contributed by atoms with van der Waals surface area (Å²) in [5, 5.41) is 10.1. The summed E-state index contributed by atoms with van der Waals surface area (Å²) in [5.74, 6) is -3.67. The third-order valence-corrected chi connectivity index (χ3v) is 5.07. The molecular formula is C21H11ClO6. The molecule has 0 fully saturated rings. The average molecular weight is 395 g/mol. The molecule has 28 heavy (non-hydrogen) atoms. The highest BCUT2D eigenvalue weighted by Crippen LogP contribution is 2.39. The van der Waals surface area contributed by atoms with Crippen molar-refractivity contribution in [3.05, 3.63) is 80.9 Å². The molecule has 7 heteroatoms. The molecule has 0 radical (unpaired) electrons. The summed E-state index contributed by atoms with van der Waals surface area (Å²) >= 11 is 6.14. The molecule has 0 spiro atoms. The molecule has 2 aliphatic carbocycles. The first-order chi connectivity index (χ1) is 13.4. The maximum absolute atomic E-state index is 13.1. The Labute approximate surface area is 163 Å². The van der Waals surface area contributed by atoms with Crippen molar-refractivity contribution in [1.29, 1.82) is 0 Å². The molecule has 0 saturated carbocycles. The predicted octanol–water partition coefficient (Wildman–Crippen LogP) is 3.30. The number of Topliss-reactive ketones (excluding diaryl/α,β-unsaturated/α-hetero) is 4. The van der Waals surface area contributed by atoms with Gasteiger partial charge >= 0.3 is 0 Å². The van der Waals surface area contributed by atoms with Crippen LogP contribution in [0.15, 0.2) is 58.6 Å². The Hall–Kier alpha value is -3.51. The first-order valence-electron chi connectivity index (χ1n) is 8.16. The van der Waals surface area contributed by atoms with Crippen molar-refractivity contribution >= 4 is 40.5 Å². The number of hydrogen-bond donors (Lipinski definition) is 1. The molecule has 0 aromatic heterocycles. The molecule has 0 saturated heterocycles. The van der Waals surface area contributed by atoms with E-state index < -0.39 is 45.1 Å². The van der Waals surface area contributed by atoms with Crippen LogP contribution in [0.1, 0.15) is 36.6 Å². The Morgan fingerprint density at radius 2 is 1.39 bits per heavy atom. The number of ether oxygens (including phenoxy) is 1. The number of hydrogen-bond acceptors (Lipinski definition) is 6. The van der Waals surface area contributed by atoms with Crippen LogP contribution in [-0.4, -0.2) is 35.3 Å². The van der Waals surface area contributed by atoms with E-state index in [4.69, 9.17) is 16.3 Å². The van der Waals surface area contributed by atoms with Gasteiger partial charge < -0.3 is 9.84 Å². The summed E-state index contributed by atoms with van der Waals surface area (Å²) in [4.78, 5) is 50.9. The van der Waals surface area contributed by atoms with Gasteiger partial charge in [-0.05, 0) is 18.2 Å². The second kappa shape index (κ2) is 6.28. The number of aliphatic hydroxyl groups excluding tert-OH is 1. The van der Waals surface area contributed by atoms with Gasteiger partial charge in [0, 0.05) is 22.3 Å².